The van der Waals surface area contributed by atoms with Crippen LogP contribution in [0.4, 0.5) is 11.4 Å². The molecular weight excluding hydrogens is 336 g/mol. The Kier molecular flexibility index (Phi) is 4.37. The average Bonchev–Trinajstić information content (AvgIpc) is 2.71. The molecular formula is C12H13ClN2O4S2. The third kappa shape index (κ3) is 3.61. The lowest BCUT2D eigenvalue weighted by Crippen LogP contribution is -2.25. The Morgan fingerprint density at radius 1 is 1.43 bits per heavy atom. The smallest absolute Gasteiger partial charge is 0.244 e. The van der Waals surface area contributed by atoms with Crippen molar-refractivity contribution < 1.29 is 16.8 Å². The van der Waals surface area contributed by atoms with Crippen LogP contribution in [0.1, 0.15) is 6.42 Å². The summed E-state index contributed by atoms with van der Waals surface area (Å²) in [6.07, 6.45) is 5.52. The lowest BCUT2D eigenvalue weighted by molar-refractivity contribution is 0.599. The fraction of sp³-hybridized carbons (Fsp3) is 0.333. The Hall–Kier alpha value is -1.43. The maximum Gasteiger partial charge on any atom is 0.244 e. The number of hydrogen-bond acceptors (Lipinski definition) is 4. The second-order valence-corrected chi connectivity index (χ2v) is 8.61. The second-order valence-electron chi connectivity index (χ2n) is 4.47. The predicted molar refractivity (Wildman–Crippen MR) is 83.4 cm³/mol. The van der Waals surface area contributed by atoms with Gasteiger partial charge in [-0.25, -0.2) is 16.8 Å². The SMILES string of the molecule is C#CCS(=O)(=O)Nc1ccc(N2CCCS2(=O)=O)cc1Cl. The number of benzene rings is 1. The van der Waals surface area contributed by atoms with Crippen LogP contribution in [0.2, 0.25) is 5.02 Å². The Morgan fingerprint density at radius 2 is 2.14 bits per heavy atom. The minimum absolute atomic E-state index is 0.0984. The molecule has 1 fully saturated rings. The largest absolute Gasteiger partial charge is 0.281 e. The van der Waals surface area contributed by atoms with E-state index in [-0.39, 0.29) is 16.5 Å². The van der Waals surface area contributed by atoms with Gasteiger partial charge < -0.3 is 0 Å². The first-order valence-corrected chi connectivity index (χ1v) is 9.63. The highest BCUT2D eigenvalue weighted by Gasteiger charge is 2.28. The van der Waals surface area contributed by atoms with Gasteiger partial charge in [-0.3, -0.25) is 9.03 Å². The maximum absolute atomic E-state index is 11.8. The van der Waals surface area contributed by atoms with E-state index < -0.39 is 25.8 Å². The molecule has 1 aliphatic rings. The number of halogens is 1. The van der Waals surface area contributed by atoms with E-state index in [0.717, 1.165) is 0 Å². The molecule has 0 radical (unpaired) electrons. The van der Waals surface area contributed by atoms with Crippen LogP contribution in [0.5, 0.6) is 0 Å². The van der Waals surface area contributed by atoms with Crippen LogP contribution in [-0.2, 0) is 20.0 Å². The molecule has 0 aliphatic carbocycles. The summed E-state index contributed by atoms with van der Waals surface area (Å²) in [5, 5.41) is 0.107. The number of nitrogens with one attached hydrogen (secondary N) is 1. The van der Waals surface area contributed by atoms with E-state index in [4.69, 9.17) is 18.0 Å². The lowest BCUT2D eigenvalue weighted by Gasteiger charge is -2.18. The molecule has 1 saturated heterocycles. The molecule has 114 valence electrons. The Morgan fingerprint density at radius 3 is 2.67 bits per heavy atom. The molecule has 0 atom stereocenters. The monoisotopic (exact) mass is 348 g/mol. The Labute approximate surface area is 129 Å². The summed E-state index contributed by atoms with van der Waals surface area (Å²) < 4.78 is 50.3. The minimum Gasteiger partial charge on any atom is -0.281 e. The van der Waals surface area contributed by atoms with Crippen molar-refractivity contribution in [2.75, 3.05) is 27.1 Å². The summed E-state index contributed by atoms with van der Waals surface area (Å²) in [6.45, 7) is 0.390. The van der Waals surface area contributed by atoms with Gasteiger partial charge in [-0.2, -0.15) is 0 Å². The Bertz CT molecular complexity index is 797. The highest BCUT2D eigenvalue weighted by atomic mass is 35.5. The second kappa shape index (κ2) is 5.75. The van der Waals surface area contributed by atoms with Gasteiger partial charge in [0.1, 0.15) is 5.75 Å². The first-order chi connectivity index (χ1) is 9.75. The van der Waals surface area contributed by atoms with Crippen molar-refractivity contribution >= 4 is 43.0 Å². The first kappa shape index (κ1) is 15.9. The molecule has 9 heteroatoms. The van der Waals surface area contributed by atoms with Gasteiger partial charge >= 0.3 is 0 Å². The molecule has 1 aromatic carbocycles. The van der Waals surface area contributed by atoms with Crippen molar-refractivity contribution in [3.63, 3.8) is 0 Å². The van der Waals surface area contributed by atoms with E-state index in [1.165, 1.54) is 22.5 Å². The summed E-state index contributed by atoms with van der Waals surface area (Å²) in [5.74, 6) is 1.67. The van der Waals surface area contributed by atoms with E-state index in [9.17, 15) is 16.8 Å². The molecule has 1 N–H and O–H groups in total. The van der Waals surface area contributed by atoms with E-state index in [2.05, 4.69) is 4.72 Å². The number of nitrogens with zero attached hydrogens (tertiary/aromatic N) is 1. The van der Waals surface area contributed by atoms with E-state index in [1.54, 1.807) is 0 Å². The minimum atomic E-state index is -3.66. The topological polar surface area (TPSA) is 83.6 Å². The first-order valence-electron chi connectivity index (χ1n) is 5.99. The molecule has 0 spiro atoms. The fourth-order valence-corrected chi connectivity index (χ4v) is 4.62. The van der Waals surface area contributed by atoms with Crippen LogP contribution in [0.3, 0.4) is 0 Å². The summed E-state index contributed by atoms with van der Waals surface area (Å²) >= 11 is 6.01. The number of hydrogen-bond donors (Lipinski definition) is 1. The quantitative estimate of drug-likeness (QED) is 0.830. The normalized spacial score (nSPS) is 17.4. The summed E-state index contributed by atoms with van der Waals surface area (Å²) in [7, 11) is -6.97. The zero-order chi connectivity index (χ0) is 15.7. The highest BCUT2D eigenvalue weighted by Crippen LogP contribution is 2.31. The third-order valence-corrected chi connectivity index (χ3v) is 6.14. The predicted octanol–water partition coefficient (Wildman–Crippen LogP) is 1.25. The Balaban J connectivity index is 2.29. The van der Waals surface area contributed by atoms with Crippen molar-refractivity contribution in [2.45, 2.75) is 6.42 Å². The van der Waals surface area contributed by atoms with Crippen molar-refractivity contribution in [1.82, 2.24) is 0 Å². The molecule has 2 rings (SSSR count). The maximum atomic E-state index is 11.8. The van der Waals surface area contributed by atoms with Gasteiger partial charge in [0.05, 0.1) is 22.2 Å². The van der Waals surface area contributed by atoms with Crippen molar-refractivity contribution in [3.8, 4) is 12.3 Å². The standard InChI is InChI=1S/C12H13ClN2O4S2/c1-2-7-20(16,17)14-12-5-4-10(9-11(12)13)15-6-3-8-21(15,18)19/h1,4-5,9,14H,3,6-8H2. The van der Waals surface area contributed by atoms with Crippen LogP contribution < -0.4 is 9.03 Å². The molecule has 1 aromatic rings. The molecule has 0 bridgehead atoms. The summed E-state index contributed by atoms with van der Waals surface area (Å²) in [5.41, 5.74) is 0.574. The molecule has 1 aliphatic heterocycles. The van der Waals surface area contributed by atoms with Crippen LogP contribution in [0.15, 0.2) is 18.2 Å². The van der Waals surface area contributed by atoms with Crippen molar-refractivity contribution in [2.24, 2.45) is 0 Å². The summed E-state index contributed by atoms with van der Waals surface area (Å²) in [6, 6.07) is 4.33. The van der Waals surface area contributed by atoms with Gasteiger partial charge in [-0.1, -0.05) is 17.5 Å². The van der Waals surface area contributed by atoms with Gasteiger partial charge in [0.2, 0.25) is 20.0 Å². The number of rotatable bonds is 4. The zero-order valence-electron chi connectivity index (χ0n) is 10.9. The molecule has 0 unspecified atom stereocenters. The molecule has 0 saturated carbocycles. The van der Waals surface area contributed by atoms with E-state index in [0.29, 0.717) is 18.7 Å². The van der Waals surface area contributed by atoms with Crippen LogP contribution in [0, 0.1) is 12.3 Å². The van der Waals surface area contributed by atoms with Gasteiger partial charge in [0, 0.05) is 6.54 Å². The number of sulfonamides is 2. The van der Waals surface area contributed by atoms with E-state index in [1.807, 2.05) is 5.92 Å². The van der Waals surface area contributed by atoms with Crippen molar-refractivity contribution in [3.05, 3.63) is 23.2 Å². The molecule has 1 heterocycles. The third-order valence-electron chi connectivity index (χ3n) is 2.88. The number of anilines is 2. The fourth-order valence-electron chi connectivity index (χ4n) is 1.98. The van der Waals surface area contributed by atoms with Crippen LogP contribution >= 0.6 is 11.6 Å². The van der Waals surface area contributed by atoms with Gasteiger partial charge in [-0.05, 0) is 24.6 Å². The van der Waals surface area contributed by atoms with Crippen LogP contribution in [-0.4, -0.2) is 34.9 Å². The van der Waals surface area contributed by atoms with Gasteiger partial charge in [0.15, 0.2) is 0 Å². The number of terminal acetylenes is 1. The van der Waals surface area contributed by atoms with Gasteiger partial charge in [0.25, 0.3) is 0 Å². The van der Waals surface area contributed by atoms with Crippen LogP contribution in [0.25, 0.3) is 0 Å². The lowest BCUT2D eigenvalue weighted by atomic mass is 10.3. The van der Waals surface area contributed by atoms with E-state index >= 15 is 0 Å². The molecule has 21 heavy (non-hydrogen) atoms. The zero-order valence-corrected chi connectivity index (χ0v) is 13.3. The highest BCUT2D eigenvalue weighted by molar-refractivity contribution is 7.93. The average molecular weight is 349 g/mol. The molecule has 0 amide bonds. The van der Waals surface area contributed by atoms with Gasteiger partial charge in [-0.15, -0.1) is 6.42 Å². The summed E-state index contributed by atoms with van der Waals surface area (Å²) in [4.78, 5) is 0. The molecule has 0 aromatic heterocycles. The molecule has 6 nitrogen and oxygen atoms in total. The van der Waals surface area contributed by atoms with Crippen molar-refractivity contribution in [1.29, 1.82) is 0 Å².